The van der Waals surface area contributed by atoms with Crippen LogP contribution in [0.2, 0.25) is 0 Å². The minimum absolute atomic E-state index is 0.257. The standard InChI is InChI=1S/C20H27N3O/c1-16(2)10-11-17-6-5-7-18(14-17)20(23-13-12-21-15-23)22-24-19-8-3-4-9-19/h5-7,12-16,19H,3-4,8-11H2,1-2H3. The number of oxime groups is 1. The molecule has 0 atom stereocenters. The molecule has 24 heavy (non-hydrogen) atoms. The molecule has 2 aromatic rings. The number of rotatable bonds is 6. The van der Waals surface area contributed by atoms with Gasteiger partial charge in [0.25, 0.3) is 0 Å². The van der Waals surface area contributed by atoms with Crippen molar-refractivity contribution >= 4 is 5.84 Å². The van der Waals surface area contributed by atoms with Crippen molar-refractivity contribution in [1.82, 2.24) is 9.55 Å². The van der Waals surface area contributed by atoms with Gasteiger partial charge in [0.2, 0.25) is 0 Å². The second-order valence-corrected chi connectivity index (χ2v) is 7.03. The molecule has 0 aliphatic heterocycles. The summed E-state index contributed by atoms with van der Waals surface area (Å²) in [4.78, 5) is 9.98. The summed E-state index contributed by atoms with van der Waals surface area (Å²) in [7, 11) is 0. The Bertz CT molecular complexity index is 655. The van der Waals surface area contributed by atoms with E-state index in [9.17, 15) is 0 Å². The summed E-state index contributed by atoms with van der Waals surface area (Å²) in [6.45, 7) is 4.52. The average molecular weight is 325 g/mol. The van der Waals surface area contributed by atoms with E-state index < -0.39 is 0 Å². The Hall–Kier alpha value is -2.10. The molecule has 1 aliphatic rings. The summed E-state index contributed by atoms with van der Waals surface area (Å²) < 4.78 is 1.93. The van der Waals surface area contributed by atoms with Crippen molar-refractivity contribution in [2.45, 2.75) is 58.5 Å². The molecule has 1 aromatic heterocycles. The number of hydrogen-bond donors (Lipinski definition) is 0. The first-order chi connectivity index (χ1) is 11.7. The van der Waals surface area contributed by atoms with E-state index in [4.69, 9.17) is 4.84 Å². The molecule has 0 N–H and O–H groups in total. The smallest absolute Gasteiger partial charge is 0.184 e. The van der Waals surface area contributed by atoms with E-state index in [0.29, 0.717) is 5.92 Å². The molecule has 1 heterocycles. The highest BCUT2D eigenvalue weighted by atomic mass is 16.6. The first-order valence-electron chi connectivity index (χ1n) is 9.04. The molecule has 0 saturated heterocycles. The normalized spacial score (nSPS) is 16.0. The number of benzene rings is 1. The van der Waals surface area contributed by atoms with E-state index in [1.165, 1.54) is 24.8 Å². The van der Waals surface area contributed by atoms with Crippen LogP contribution >= 0.6 is 0 Å². The topological polar surface area (TPSA) is 39.4 Å². The lowest BCUT2D eigenvalue weighted by Crippen LogP contribution is -2.15. The van der Waals surface area contributed by atoms with Gasteiger partial charge in [0, 0.05) is 18.0 Å². The summed E-state index contributed by atoms with van der Waals surface area (Å²) in [5, 5.41) is 4.49. The number of aromatic nitrogens is 2. The highest BCUT2D eigenvalue weighted by molar-refractivity contribution is 6.00. The predicted octanol–water partition coefficient (Wildman–Crippen LogP) is 4.64. The Morgan fingerprint density at radius 1 is 1.33 bits per heavy atom. The highest BCUT2D eigenvalue weighted by Crippen LogP contribution is 2.21. The van der Waals surface area contributed by atoms with Crippen LogP contribution in [0.5, 0.6) is 0 Å². The third kappa shape index (κ3) is 4.47. The molecule has 3 rings (SSSR count). The zero-order valence-electron chi connectivity index (χ0n) is 14.7. The summed E-state index contributed by atoms with van der Waals surface area (Å²) in [5.74, 6) is 1.52. The van der Waals surface area contributed by atoms with Crippen molar-refractivity contribution < 1.29 is 4.84 Å². The molecule has 0 spiro atoms. The molecule has 1 aliphatic carbocycles. The molecule has 0 radical (unpaired) electrons. The minimum Gasteiger partial charge on any atom is -0.391 e. The van der Waals surface area contributed by atoms with Crippen LogP contribution in [0, 0.1) is 5.92 Å². The second-order valence-electron chi connectivity index (χ2n) is 7.03. The average Bonchev–Trinajstić information content (AvgIpc) is 3.27. The van der Waals surface area contributed by atoms with Crippen LogP contribution in [-0.2, 0) is 11.3 Å². The third-order valence-electron chi connectivity index (χ3n) is 4.53. The van der Waals surface area contributed by atoms with Crippen LogP contribution in [0.1, 0.15) is 57.1 Å². The lowest BCUT2D eigenvalue weighted by molar-refractivity contribution is 0.0639. The van der Waals surface area contributed by atoms with Crippen molar-refractivity contribution in [1.29, 1.82) is 0 Å². The molecular weight excluding hydrogens is 298 g/mol. The van der Waals surface area contributed by atoms with Crippen molar-refractivity contribution in [3.63, 3.8) is 0 Å². The molecular formula is C20H27N3O. The fourth-order valence-electron chi connectivity index (χ4n) is 3.07. The fourth-order valence-corrected chi connectivity index (χ4v) is 3.07. The number of nitrogens with zero attached hydrogens (tertiary/aromatic N) is 3. The van der Waals surface area contributed by atoms with E-state index in [0.717, 1.165) is 30.7 Å². The van der Waals surface area contributed by atoms with Crippen molar-refractivity contribution in [2.24, 2.45) is 11.1 Å². The van der Waals surface area contributed by atoms with Gasteiger partial charge in [-0.15, -0.1) is 0 Å². The highest BCUT2D eigenvalue weighted by Gasteiger charge is 2.17. The summed E-state index contributed by atoms with van der Waals surface area (Å²) in [6.07, 6.45) is 12.7. The Kier molecular flexibility index (Phi) is 5.68. The van der Waals surface area contributed by atoms with E-state index in [1.54, 1.807) is 12.5 Å². The second kappa shape index (κ2) is 8.13. The zero-order chi connectivity index (χ0) is 16.8. The molecule has 0 amide bonds. The van der Waals surface area contributed by atoms with Gasteiger partial charge in [-0.2, -0.15) is 0 Å². The fraction of sp³-hybridized carbons (Fsp3) is 0.500. The van der Waals surface area contributed by atoms with Crippen molar-refractivity contribution in [3.05, 3.63) is 54.1 Å². The third-order valence-corrected chi connectivity index (χ3v) is 4.53. The monoisotopic (exact) mass is 325 g/mol. The van der Waals surface area contributed by atoms with Crippen LogP contribution in [-0.4, -0.2) is 21.5 Å². The number of imidazole rings is 1. The van der Waals surface area contributed by atoms with Gasteiger partial charge in [-0.3, -0.25) is 4.57 Å². The Labute approximate surface area is 144 Å². The van der Waals surface area contributed by atoms with Gasteiger partial charge in [0.15, 0.2) is 5.84 Å². The Morgan fingerprint density at radius 2 is 2.17 bits per heavy atom. The predicted molar refractivity (Wildman–Crippen MR) is 97.1 cm³/mol. The van der Waals surface area contributed by atoms with E-state index in [-0.39, 0.29) is 6.10 Å². The number of aryl methyl sites for hydroxylation is 1. The Morgan fingerprint density at radius 3 is 2.88 bits per heavy atom. The van der Waals surface area contributed by atoms with Gasteiger partial charge in [-0.05, 0) is 56.1 Å². The SMILES string of the molecule is CC(C)CCc1cccc(C(=NOC2CCCC2)n2ccnc2)c1. The maximum absolute atomic E-state index is 5.82. The molecule has 0 unspecified atom stereocenters. The molecule has 4 nitrogen and oxygen atoms in total. The molecule has 1 fully saturated rings. The van der Waals surface area contributed by atoms with Gasteiger partial charge < -0.3 is 4.84 Å². The van der Waals surface area contributed by atoms with Gasteiger partial charge >= 0.3 is 0 Å². The molecule has 4 heteroatoms. The first-order valence-corrected chi connectivity index (χ1v) is 9.04. The number of hydrogen-bond acceptors (Lipinski definition) is 3. The summed E-state index contributed by atoms with van der Waals surface area (Å²) in [6, 6.07) is 8.61. The van der Waals surface area contributed by atoms with Gasteiger partial charge in [0.1, 0.15) is 12.4 Å². The lowest BCUT2D eigenvalue weighted by atomic mass is 10.0. The maximum atomic E-state index is 5.82. The van der Waals surface area contributed by atoms with Crippen LogP contribution in [0.25, 0.3) is 0 Å². The lowest BCUT2D eigenvalue weighted by Gasteiger charge is -2.12. The van der Waals surface area contributed by atoms with Crippen LogP contribution in [0.3, 0.4) is 0 Å². The summed E-state index contributed by atoms with van der Waals surface area (Å²) in [5.41, 5.74) is 2.42. The maximum Gasteiger partial charge on any atom is 0.184 e. The van der Waals surface area contributed by atoms with Crippen molar-refractivity contribution in [2.75, 3.05) is 0 Å². The molecule has 1 saturated carbocycles. The van der Waals surface area contributed by atoms with E-state index in [2.05, 4.69) is 48.3 Å². The summed E-state index contributed by atoms with van der Waals surface area (Å²) >= 11 is 0. The van der Waals surface area contributed by atoms with Gasteiger partial charge in [-0.1, -0.05) is 37.2 Å². The first kappa shape index (κ1) is 16.7. The zero-order valence-corrected chi connectivity index (χ0v) is 14.7. The largest absolute Gasteiger partial charge is 0.391 e. The minimum atomic E-state index is 0.257. The Balaban J connectivity index is 1.82. The van der Waals surface area contributed by atoms with Crippen molar-refractivity contribution in [3.8, 4) is 0 Å². The quantitative estimate of drug-likeness (QED) is 0.441. The molecule has 128 valence electrons. The van der Waals surface area contributed by atoms with Gasteiger partial charge in [0.05, 0.1) is 0 Å². The van der Waals surface area contributed by atoms with Crippen LogP contribution in [0.4, 0.5) is 0 Å². The van der Waals surface area contributed by atoms with E-state index >= 15 is 0 Å². The molecule has 0 bridgehead atoms. The van der Waals surface area contributed by atoms with Crippen LogP contribution in [0.15, 0.2) is 48.1 Å². The van der Waals surface area contributed by atoms with E-state index in [1.807, 2.05) is 10.8 Å². The van der Waals surface area contributed by atoms with Gasteiger partial charge in [-0.25, -0.2) is 4.98 Å². The molecule has 1 aromatic carbocycles. The van der Waals surface area contributed by atoms with Crippen LogP contribution < -0.4 is 0 Å².